The average molecular weight is 535 g/mol. The molecule has 0 N–H and O–H groups in total. The Bertz CT molecular complexity index is 929. The van der Waals surface area contributed by atoms with E-state index in [0.29, 0.717) is 24.5 Å². The van der Waals surface area contributed by atoms with E-state index < -0.39 is 18.3 Å². The summed E-state index contributed by atoms with van der Waals surface area (Å²) in [4.78, 5) is 0.363. The van der Waals surface area contributed by atoms with Crippen LogP contribution in [0.1, 0.15) is 91.0 Å². The molecule has 0 saturated carbocycles. The summed E-state index contributed by atoms with van der Waals surface area (Å²) in [6.45, 7) is 15.9. The molecule has 0 aliphatic heterocycles. The summed E-state index contributed by atoms with van der Waals surface area (Å²) in [6, 6.07) is 9.34. The molecule has 0 saturated heterocycles. The van der Waals surface area contributed by atoms with Crippen LogP contribution in [0.15, 0.2) is 41.3 Å². The molecule has 1 aromatic rings. The first-order chi connectivity index (χ1) is 16.9. The second kappa shape index (κ2) is 15.7. The monoisotopic (exact) mass is 534 g/mol. The summed E-state index contributed by atoms with van der Waals surface area (Å²) in [5.74, 6) is 0. The number of hydrogen-bond donors (Lipinski definition) is 0. The van der Waals surface area contributed by atoms with Crippen molar-refractivity contribution in [3.8, 4) is 6.07 Å². The fourth-order valence-corrected chi connectivity index (χ4v) is 6.60. The van der Waals surface area contributed by atoms with Crippen LogP contribution >= 0.6 is 0 Å². The van der Waals surface area contributed by atoms with Gasteiger partial charge in [-0.3, -0.25) is 0 Å². The van der Waals surface area contributed by atoms with Crippen molar-refractivity contribution in [1.82, 2.24) is 4.31 Å². The van der Waals surface area contributed by atoms with Crippen molar-refractivity contribution in [1.29, 1.82) is 5.26 Å². The van der Waals surface area contributed by atoms with Gasteiger partial charge in [0, 0.05) is 25.6 Å². The zero-order valence-electron chi connectivity index (χ0n) is 23.8. The fraction of sp³-hybridized carbons (Fsp3) is 0.690. The lowest BCUT2D eigenvalue weighted by Gasteiger charge is -2.37. The normalized spacial score (nSPS) is 13.9. The van der Waals surface area contributed by atoms with Gasteiger partial charge in [-0.05, 0) is 75.7 Å². The smallest absolute Gasteiger partial charge is 0.243 e. The molecule has 1 rings (SSSR count). The first-order valence-corrected chi connectivity index (χ1v) is 18.0. The standard InChI is InChI=1S/C29H50N2O3SSi/c1-8-17-27(18-15-13-11-9-10-12-14-16-23-30)31(24-25-34-36(6,7)29(3,4)5)35(32,33)28-21-19-26(2)20-22-28/h9-10,19-22,27H,8,11-18,24-25H2,1-7H3/b10-9-/t27-/m1/s1. The molecule has 0 bridgehead atoms. The van der Waals surface area contributed by atoms with Crippen LogP contribution < -0.4 is 0 Å². The number of hydrogen-bond acceptors (Lipinski definition) is 4. The second-order valence-electron chi connectivity index (χ2n) is 11.3. The van der Waals surface area contributed by atoms with Crippen LogP contribution in [0.2, 0.25) is 18.1 Å². The van der Waals surface area contributed by atoms with E-state index in [2.05, 4.69) is 59.0 Å². The van der Waals surface area contributed by atoms with Gasteiger partial charge in [0.15, 0.2) is 8.32 Å². The van der Waals surface area contributed by atoms with Crippen molar-refractivity contribution in [3.05, 3.63) is 42.0 Å². The van der Waals surface area contributed by atoms with Crippen molar-refractivity contribution in [2.45, 2.75) is 121 Å². The Morgan fingerprint density at radius 2 is 1.67 bits per heavy atom. The quantitative estimate of drug-likeness (QED) is 0.115. The van der Waals surface area contributed by atoms with E-state index in [9.17, 15) is 8.42 Å². The Morgan fingerprint density at radius 1 is 1.06 bits per heavy atom. The molecule has 204 valence electrons. The number of unbranched alkanes of at least 4 members (excludes halogenated alkanes) is 4. The average Bonchev–Trinajstić information content (AvgIpc) is 2.79. The Kier molecular flexibility index (Phi) is 14.2. The third kappa shape index (κ3) is 10.9. The molecule has 0 aliphatic carbocycles. The van der Waals surface area contributed by atoms with E-state index in [1.165, 1.54) is 0 Å². The molecule has 1 atom stereocenters. The van der Waals surface area contributed by atoms with Crippen LogP contribution in [0.3, 0.4) is 0 Å². The Hall–Kier alpha value is -1.46. The molecule has 0 aliphatic rings. The van der Waals surface area contributed by atoms with Crippen molar-refractivity contribution in [3.63, 3.8) is 0 Å². The maximum absolute atomic E-state index is 13.8. The Labute approximate surface area is 223 Å². The number of rotatable bonds is 17. The van der Waals surface area contributed by atoms with Crippen LogP contribution in [0.25, 0.3) is 0 Å². The predicted octanol–water partition coefficient (Wildman–Crippen LogP) is 7.99. The van der Waals surface area contributed by atoms with Gasteiger partial charge in [0.25, 0.3) is 0 Å². The summed E-state index contributed by atoms with van der Waals surface area (Å²) in [5.41, 5.74) is 1.05. The van der Waals surface area contributed by atoms with Gasteiger partial charge in [0.2, 0.25) is 10.0 Å². The fourth-order valence-electron chi connectivity index (χ4n) is 3.89. The lowest BCUT2D eigenvalue weighted by atomic mass is 10.0. The molecule has 0 unspecified atom stereocenters. The number of sulfonamides is 1. The number of allylic oxidation sites excluding steroid dienone is 2. The molecule has 0 radical (unpaired) electrons. The largest absolute Gasteiger partial charge is 0.415 e. The molecule has 0 amide bonds. The molecular formula is C29H50N2O3SSi. The lowest BCUT2D eigenvalue weighted by Crippen LogP contribution is -2.46. The lowest BCUT2D eigenvalue weighted by molar-refractivity contribution is 0.213. The van der Waals surface area contributed by atoms with Crippen LogP contribution in [-0.4, -0.2) is 40.2 Å². The summed E-state index contributed by atoms with van der Waals surface area (Å²) in [6.07, 6.45) is 12.5. The minimum Gasteiger partial charge on any atom is -0.415 e. The molecule has 36 heavy (non-hydrogen) atoms. The second-order valence-corrected chi connectivity index (χ2v) is 18.0. The summed E-state index contributed by atoms with van der Waals surface area (Å²) in [5, 5.41) is 8.71. The van der Waals surface area contributed by atoms with Gasteiger partial charge in [0.1, 0.15) is 0 Å². The van der Waals surface area contributed by atoms with Gasteiger partial charge in [0.05, 0.1) is 11.0 Å². The van der Waals surface area contributed by atoms with Crippen LogP contribution in [0.5, 0.6) is 0 Å². The summed E-state index contributed by atoms with van der Waals surface area (Å²) >= 11 is 0. The molecular weight excluding hydrogens is 484 g/mol. The molecule has 7 heteroatoms. The molecule has 1 aromatic carbocycles. The van der Waals surface area contributed by atoms with Gasteiger partial charge in [-0.15, -0.1) is 0 Å². The highest BCUT2D eigenvalue weighted by Crippen LogP contribution is 2.36. The van der Waals surface area contributed by atoms with Gasteiger partial charge in [-0.25, -0.2) is 8.42 Å². The summed E-state index contributed by atoms with van der Waals surface area (Å²) < 4.78 is 35.8. The molecule has 0 heterocycles. The van der Waals surface area contributed by atoms with Crippen LogP contribution in [0, 0.1) is 18.3 Å². The number of aryl methyl sites for hydroxylation is 1. The Balaban J connectivity index is 2.97. The van der Waals surface area contributed by atoms with Gasteiger partial charge in [-0.2, -0.15) is 9.57 Å². The third-order valence-corrected chi connectivity index (χ3v) is 13.7. The van der Waals surface area contributed by atoms with Gasteiger partial charge in [-0.1, -0.05) is 70.4 Å². The van der Waals surface area contributed by atoms with Gasteiger partial charge >= 0.3 is 0 Å². The number of nitrogens with zero attached hydrogens (tertiary/aromatic N) is 2. The SMILES string of the molecule is CCC[C@H](CCCC/C=C\CCCC#N)N(CCO[Si](C)(C)C(C)(C)C)S(=O)(=O)c1ccc(C)cc1. The Morgan fingerprint density at radius 3 is 2.22 bits per heavy atom. The molecule has 5 nitrogen and oxygen atoms in total. The summed E-state index contributed by atoms with van der Waals surface area (Å²) in [7, 11) is -5.59. The molecule has 0 spiro atoms. The van der Waals surface area contributed by atoms with Crippen LogP contribution in [0.4, 0.5) is 0 Å². The predicted molar refractivity (Wildman–Crippen MR) is 154 cm³/mol. The highest BCUT2D eigenvalue weighted by molar-refractivity contribution is 7.89. The first kappa shape index (κ1) is 32.6. The topological polar surface area (TPSA) is 70.4 Å². The van der Waals surface area contributed by atoms with Crippen molar-refractivity contribution < 1.29 is 12.8 Å². The van der Waals surface area contributed by atoms with E-state index in [4.69, 9.17) is 9.69 Å². The maximum atomic E-state index is 13.8. The van der Waals surface area contributed by atoms with E-state index >= 15 is 0 Å². The van der Waals surface area contributed by atoms with E-state index in [1.54, 1.807) is 16.4 Å². The van der Waals surface area contributed by atoms with Crippen molar-refractivity contribution in [2.24, 2.45) is 0 Å². The van der Waals surface area contributed by atoms with Crippen LogP contribution in [-0.2, 0) is 14.4 Å². The number of nitriles is 1. The van der Waals surface area contributed by atoms with Crippen molar-refractivity contribution in [2.75, 3.05) is 13.2 Å². The minimum absolute atomic E-state index is 0.0380. The highest BCUT2D eigenvalue weighted by Gasteiger charge is 2.38. The molecule has 0 fully saturated rings. The number of benzene rings is 1. The molecule has 0 aromatic heterocycles. The van der Waals surface area contributed by atoms with Gasteiger partial charge < -0.3 is 4.43 Å². The van der Waals surface area contributed by atoms with Crippen molar-refractivity contribution >= 4 is 18.3 Å². The van der Waals surface area contributed by atoms with E-state index in [-0.39, 0.29) is 11.1 Å². The third-order valence-electron chi connectivity index (χ3n) is 7.22. The minimum atomic E-state index is -3.62. The van der Waals surface area contributed by atoms with E-state index in [0.717, 1.165) is 56.9 Å². The maximum Gasteiger partial charge on any atom is 0.243 e. The highest BCUT2D eigenvalue weighted by atomic mass is 32.2. The van der Waals surface area contributed by atoms with E-state index in [1.807, 2.05) is 19.1 Å². The zero-order valence-corrected chi connectivity index (χ0v) is 25.7. The first-order valence-electron chi connectivity index (χ1n) is 13.6. The zero-order chi connectivity index (χ0) is 27.2.